The highest BCUT2D eigenvalue weighted by Crippen LogP contribution is 2.27. The molecular weight excluding hydrogens is 296 g/mol. The Labute approximate surface area is 148 Å². The maximum absolute atomic E-state index is 5.76. The van der Waals surface area contributed by atoms with E-state index in [1.54, 1.807) is 0 Å². The van der Waals surface area contributed by atoms with Crippen LogP contribution in [0, 0.1) is 0 Å². The highest BCUT2D eigenvalue weighted by molar-refractivity contribution is 5.27. The van der Waals surface area contributed by atoms with Crippen molar-refractivity contribution in [2.75, 3.05) is 13.2 Å². The Morgan fingerprint density at radius 1 is 1.00 bits per heavy atom. The molecule has 0 radical (unpaired) electrons. The van der Waals surface area contributed by atoms with Crippen molar-refractivity contribution in [2.45, 2.75) is 77.2 Å². The second kappa shape index (κ2) is 10.6. The average Bonchev–Trinajstić information content (AvgIpc) is 3.34. The first kappa shape index (κ1) is 19.1. The second-order valence-corrected chi connectivity index (χ2v) is 7.24. The van der Waals surface area contributed by atoms with E-state index >= 15 is 0 Å². The lowest BCUT2D eigenvalue weighted by Crippen LogP contribution is -2.16. The molecule has 0 saturated carbocycles. The molecule has 2 heteroatoms. The van der Waals surface area contributed by atoms with Crippen LogP contribution in [0.3, 0.4) is 0 Å². The molecule has 1 aliphatic rings. The first-order chi connectivity index (χ1) is 11.7. The zero-order chi connectivity index (χ0) is 17.1. The minimum absolute atomic E-state index is 0.0386. The van der Waals surface area contributed by atoms with Crippen LogP contribution in [-0.2, 0) is 11.2 Å². The lowest BCUT2D eigenvalue weighted by Gasteiger charge is -2.09. The molecule has 1 aliphatic heterocycles. The fourth-order valence-corrected chi connectivity index (χ4v) is 2.71. The van der Waals surface area contributed by atoms with Gasteiger partial charge in [0.05, 0.1) is 6.61 Å². The number of epoxide rings is 1. The highest BCUT2D eigenvalue weighted by atomic mass is 16.6. The third-order valence-electron chi connectivity index (χ3n) is 4.58. The van der Waals surface area contributed by atoms with Crippen molar-refractivity contribution in [2.24, 2.45) is 0 Å². The molecule has 0 bridgehead atoms. The van der Waals surface area contributed by atoms with Crippen molar-refractivity contribution in [3.8, 4) is 5.75 Å². The van der Waals surface area contributed by atoms with E-state index in [4.69, 9.17) is 9.47 Å². The summed E-state index contributed by atoms with van der Waals surface area (Å²) >= 11 is 0. The second-order valence-electron chi connectivity index (χ2n) is 7.24. The van der Waals surface area contributed by atoms with Gasteiger partial charge in [-0.2, -0.15) is 0 Å². The fourth-order valence-electron chi connectivity index (χ4n) is 2.71. The van der Waals surface area contributed by atoms with Crippen molar-refractivity contribution < 1.29 is 9.47 Å². The van der Waals surface area contributed by atoms with Crippen molar-refractivity contribution in [3.63, 3.8) is 0 Å². The van der Waals surface area contributed by atoms with Gasteiger partial charge in [0.1, 0.15) is 18.0 Å². The minimum atomic E-state index is -0.0386. The predicted octanol–water partition coefficient (Wildman–Crippen LogP) is 6.09. The standard InChI is InChI=1S/C22H34O2/c1-3-4-5-6-7-8-9-10-11-12-13-20-14-16-21(17-15-20)23-18-22(2)19-24-22/h7-8,14-17H,3-6,9-13,18-19H2,1-2H3/b8-7+. The topological polar surface area (TPSA) is 21.8 Å². The summed E-state index contributed by atoms with van der Waals surface area (Å²) < 4.78 is 11.1. The van der Waals surface area contributed by atoms with Crippen LogP contribution in [0.5, 0.6) is 5.75 Å². The molecule has 1 fully saturated rings. The Morgan fingerprint density at radius 2 is 1.67 bits per heavy atom. The van der Waals surface area contributed by atoms with Crippen LogP contribution in [0.2, 0.25) is 0 Å². The first-order valence-electron chi connectivity index (χ1n) is 9.72. The molecule has 1 aromatic rings. The van der Waals surface area contributed by atoms with E-state index in [9.17, 15) is 0 Å². The van der Waals surface area contributed by atoms with Crippen LogP contribution in [0.4, 0.5) is 0 Å². The van der Waals surface area contributed by atoms with Crippen LogP contribution in [-0.4, -0.2) is 18.8 Å². The maximum Gasteiger partial charge on any atom is 0.123 e. The lowest BCUT2D eigenvalue weighted by molar-refractivity contribution is 0.202. The summed E-state index contributed by atoms with van der Waals surface area (Å²) in [6, 6.07) is 8.55. The molecule has 24 heavy (non-hydrogen) atoms. The summed E-state index contributed by atoms with van der Waals surface area (Å²) in [5, 5.41) is 0. The molecule has 2 rings (SSSR count). The van der Waals surface area contributed by atoms with Gasteiger partial charge in [0.25, 0.3) is 0 Å². The van der Waals surface area contributed by atoms with Gasteiger partial charge in [-0.05, 0) is 63.1 Å². The smallest absolute Gasteiger partial charge is 0.123 e. The van der Waals surface area contributed by atoms with Gasteiger partial charge in [0.15, 0.2) is 0 Å². The summed E-state index contributed by atoms with van der Waals surface area (Å²) in [4.78, 5) is 0. The molecule has 1 saturated heterocycles. The number of unbranched alkanes of at least 4 members (excludes halogenated alkanes) is 6. The Hall–Kier alpha value is -1.28. The van der Waals surface area contributed by atoms with Gasteiger partial charge < -0.3 is 9.47 Å². The third kappa shape index (κ3) is 8.01. The van der Waals surface area contributed by atoms with Gasteiger partial charge in [0.2, 0.25) is 0 Å². The van der Waals surface area contributed by atoms with Gasteiger partial charge in [-0.15, -0.1) is 0 Å². The number of ether oxygens (including phenoxy) is 2. The van der Waals surface area contributed by atoms with E-state index in [-0.39, 0.29) is 5.60 Å². The molecule has 1 aromatic carbocycles. The van der Waals surface area contributed by atoms with Gasteiger partial charge in [0, 0.05) is 0 Å². The number of rotatable bonds is 13. The summed E-state index contributed by atoms with van der Waals surface area (Å²) in [5.74, 6) is 0.948. The Balaban J connectivity index is 1.49. The fraction of sp³-hybridized carbons (Fsp3) is 0.636. The van der Waals surface area contributed by atoms with Crippen molar-refractivity contribution >= 4 is 0 Å². The molecule has 134 valence electrons. The predicted molar refractivity (Wildman–Crippen MR) is 102 cm³/mol. The number of benzene rings is 1. The zero-order valence-corrected chi connectivity index (χ0v) is 15.6. The highest BCUT2D eigenvalue weighted by Gasteiger charge is 2.40. The van der Waals surface area contributed by atoms with Crippen molar-refractivity contribution in [1.82, 2.24) is 0 Å². The largest absolute Gasteiger partial charge is 0.491 e. The molecule has 0 spiro atoms. The van der Waals surface area contributed by atoms with Crippen LogP contribution in [0.1, 0.15) is 70.8 Å². The lowest BCUT2D eigenvalue weighted by atomic mass is 10.1. The summed E-state index contributed by atoms with van der Waals surface area (Å²) in [6.07, 6.45) is 16.3. The van der Waals surface area contributed by atoms with Gasteiger partial charge in [-0.3, -0.25) is 0 Å². The van der Waals surface area contributed by atoms with Crippen LogP contribution in [0.25, 0.3) is 0 Å². The minimum Gasteiger partial charge on any atom is -0.491 e. The zero-order valence-electron chi connectivity index (χ0n) is 15.6. The number of hydrogen-bond acceptors (Lipinski definition) is 2. The first-order valence-corrected chi connectivity index (χ1v) is 9.72. The van der Waals surface area contributed by atoms with Gasteiger partial charge >= 0.3 is 0 Å². The molecule has 0 N–H and O–H groups in total. The molecule has 2 nitrogen and oxygen atoms in total. The van der Waals surface area contributed by atoms with Crippen molar-refractivity contribution in [3.05, 3.63) is 42.0 Å². The monoisotopic (exact) mass is 330 g/mol. The van der Waals surface area contributed by atoms with E-state index < -0.39 is 0 Å². The average molecular weight is 331 g/mol. The molecule has 0 aromatic heterocycles. The number of allylic oxidation sites excluding steroid dienone is 2. The summed E-state index contributed by atoms with van der Waals surface area (Å²) in [6.45, 7) is 5.81. The molecule has 0 amide bonds. The van der Waals surface area contributed by atoms with E-state index in [1.807, 2.05) is 0 Å². The van der Waals surface area contributed by atoms with Gasteiger partial charge in [-0.1, -0.05) is 50.5 Å². The van der Waals surface area contributed by atoms with Crippen LogP contribution < -0.4 is 4.74 Å². The van der Waals surface area contributed by atoms with E-state index in [0.29, 0.717) is 6.61 Å². The third-order valence-corrected chi connectivity index (χ3v) is 4.58. The SMILES string of the molecule is CCCCC/C=C/CCCCCc1ccc(OCC2(C)CO2)cc1. The normalized spacial score (nSPS) is 19.8. The molecule has 1 unspecified atom stereocenters. The Morgan fingerprint density at radius 3 is 2.29 bits per heavy atom. The molecule has 1 atom stereocenters. The van der Waals surface area contributed by atoms with E-state index in [1.165, 1.54) is 63.4 Å². The number of aryl methyl sites for hydroxylation is 1. The van der Waals surface area contributed by atoms with Crippen LogP contribution >= 0.6 is 0 Å². The molecule has 1 heterocycles. The Kier molecular flexibility index (Phi) is 8.38. The molecule has 0 aliphatic carbocycles. The van der Waals surface area contributed by atoms with E-state index in [2.05, 4.69) is 50.3 Å². The number of hydrogen-bond donors (Lipinski definition) is 0. The van der Waals surface area contributed by atoms with Crippen LogP contribution in [0.15, 0.2) is 36.4 Å². The Bertz CT molecular complexity index is 471. The molecular formula is C22H34O2. The van der Waals surface area contributed by atoms with Crippen molar-refractivity contribution in [1.29, 1.82) is 0 Å². The van der Waals surface area contributed by atoms with Gasteiger partial charge in [-0.25, -0.2) is 0 Å². The quantitative estimate of drug-likeness (QED) is 0.248. The van der Waals surface area contributed by atoms with E-state index in [0.717, 1.165) is 12.4 Å². The summed E-state index contributed by atoms with van der Waals surface area (Å²) in [5.41, 5.74) is 1.37. The summed E-state index contributed by atoms with van der Waals surface area (Å²) in [7, 11) is 0. The maximum atomic E-state index is 5.76.